The molecule has 13 aromatic rings. The third-order valence-electron chi connectivity index (χ3n) is 17.4. The maximum atomic E-state index is 12.8. The fraction of sp³-hybridized carbons (Fsp3) is 0.341. The molecular formula is C88H102Cl4N10O12S10. The molecule has 22 nitrogen and oxygen atoms in total. The molecule has 0 fully saturated rings. The summed E-state index contributed by atoms with van der Waals surface area (Å²) in [7, 11) is 1.34. The monoisotopic (exact) mass is 1950 g/mol. The van der Waals surface area contributed by atoms with Crippen LogP contribution >= 0.6 is 163 Å². The first kappa shape index (κ1) is 106. The Morgan fingerprint density at radius 1 is 0.532 bits per heavy atom. The molecule has 0 aliphatic heterocycles. The van der Waals surface area contributed by atoms with Crippen molar-refractivity contribution >= 4 is 245 Å². The normalized spacial score (nSPS) is 10.7. The van der Waals surface area contributed by atoms with Crippen LogP contribution in [-0.4, -0.2) is 103 Å². The summed E-state index contributed by atoms with van der Waals surface area (Å²) in [5, 5.41) is 39.0. The van der Waals surface area contributed by atoms with Crippen molar-refractivity contribution in [1.82, 2.24) is 38.2 Å². The van der Waals surface area contributed by atoms with Crippen LogP contribution in [0.5, 0.6) is 0 Å². The Kier molecular flexibility index (Phi) is 48.1. The fourth-order valence-electron chi connectivity index (χ4n) is 11.1. The van der Waals surface area contributed by atoms with Crippen molar-refractivity contribution in [3.8, 4) is 0 Å². The van der Waals surface area contributed by atoms with Crippen molar-refractivity contribution in [2.45, 2.75) is 180 Å². The number of ether oxygens (including phenoxy) is 1. The van der Waals surface area contributed by atoms with Gasteiger partial charge in [-0.25, -0.2) is 14.8 Å². The molecular weight excluding hydrogens is 1850 g/mol. The first-order chi connectivity index (χ1) is 58.8. The van der Waals surface area contributed by atoms with Gasteiger partial charge in [0.05, 0.1) is 34.9 Å². The summed E-state index contributed by atoms with van der Waals surface area (Å²) in [4.78, 5) is 112. The van der Waals surface area contributed by atoms with Crippen LogP contribution in [-0.2, 0) is 68.6 Å². The van der Waals surface area contributed by atoms with E-state index in [0.717, 1.165) is 59.4 Å². The van der Waals surface area contributed by atoms with Crippen molar-refractivity contribution in [3.05, 3.63) is 253 Å². The Hall–Kier alpha value is -8.16. The highest BCUT2D eigenvalue weighted by Crippen LogP contribution is 2.31. The van der Waals surface area contributed by atoms with Crippen molar-refractivity contribution in [2.75, 3.05) is 13.7 Å². The number of alkyl halides is 2. The second-order valence-electron chi connectivity index (χ2n) is 28.0. The zero-order chi connectivity index (χ0) is 90.2. The summed E-state index contributed by atoms with van der Waals surface area (Å²) in [5.41, 5.74) is 18.4. The number of nitrogens with one attached hydrogen (secondary N) is 2. The minimum absolute atomic E-state index is 0. The molecule has 9 aromatic heterocycles. The van der Waals surface area contributed by atoms with Crippen LogP contribution < -0.4 is 28.0 Å². The number of unbranched alkanes of at least 4 members (excludes halogenated alkanes) is 3. The summed E-state index contributed by atoms with van der Waals surface area (Å²) in [6, 6.07) is 37.2. The van der Waals surface area contributed by atoms with Gasteiger partial charge in [-0.05, 0) is 212 Å². The van der Waals surface area contributed by atoms with E-state index in [-0.39, 0.29) is 54.9 Å². The van der Waals surface area contributed by atoms with E-state index in [1.54, 1.807) is 32.3 Å². The van der Waals surface area contributed by atoms with Gasteiger partial charge in [0.1, 0.15) is 23.7 Å². The number of aromatic amines is 2. The number of carboxylic acids is 3. The Morgan fingerprint density at radius 2 is 0.944 bits per heavy atom. The predicted molar refractivity (Wildman–Crippen MR) is 531 cm³/mol. The van der Waals surface area contributed by atoms with Crippen LogP contribution in [0.4, 0.5) is 5.69 Å². The van der Waals surface area contributed by atoms with Gasteiger partial charge >= 0.3 is 23.9 Å². The van der Waals surface area contributed by atoms with E-state index < -0.39 is 17.9 Å². The molecule has 4 aromatic carbocycles. The molecule has 0 amide bonds. The molecule has 36 heteroatoms. The molecule has 0 aliphatic carbocycles. The van der Waals surface area contributed by atoms with E-state index in [9.17, 15) is 38.4 Å². The number of nitrogens with zero attached hydrogens (tertiary/aromatic N) is 7. The van der Waals surface area contributed by atoms with Gasteiger partial charge in [0, 0.05) is 90.3 Å². The summed E-state index contributed by atoms with van der Waals surface area (Å²) in [6.07, 6.45) is 5.75. The van der Waals surface area contributed by atoms with E-state index in [2.05, 4.69) is 129 Å². The number of halogens is 4. The molecule has 0 radical (unpaired) electrons. The summed E-state index contributed by atoms with van der Waals surface area (Å²) in [5.74, 6) is 0.610. The van der Waals surface area contributed by atoms with Crippen LogP contribution in [0.15, 0.2) is 177 Å². The van der Waals surface area contributed by atoms with E-state index >= 15 is 0 Å². The van der Waals surface area contributed by atoms with Gasteiger partial charge < -0.3 is 35.8 Å². The number of aliphatic carboxylic acids is 3. The number of aryl methyl sites for hydroxylation is 4. The lowest BCUT2D eigenvalue weighted by Gasteiger charge is -2.14. The molecule has 9 heterocycles. The Morgan fingerprint density at radius 3 is 1.41 bits per heavy atom. The average Bonchev–Trinajstić information content (AvgIpc) is 1.57. The Balaban J connectivity index is 0.000000259. The maximum Gasteiger partial charge on any atom is 0.350 e. The fourth-order valence-corrected chi connectivity index (χ4v) is 18.8. The van der Waals surface area contributed by atoms with E-state index in [0.29, 0.717) is 139 Å². The Bertz CT molecular complexity index is 6060. The van der Waals surface area contributed by atoms with Crippen LogP contribution in [0.2, 0.25) is 10.0 Å². The number of hydrogen-bond acceptors (Lipinski definition) is 23. The highest BCUT2D eigenvalue weighted by atomic mass is 35.5. The van der Waals surface area contributed by atoms with Crippen LogP contribution in [0.1, 0.15) is 147 Å². The Labute approximate surface area is 784 Å². The van der Waals surface area contributed by atoms with Gasteiger partial charge in [0.2, 0.25) is 0 Å². The molecule has 13 rings (SSSR count). The van der Waals surface area contributed by atoms with Crippen LogP contribution in [0.3, 0.4) is 0 Å². The number of thioether (sulfide) groups is 2. The maximum absolute atomic E-state index is 12.8. The molecule has 0 saturated carbocycles. The molecule has 0 aliphatic rings. The topological polar surface area (TPSA) is 322 Å². The van der Waals surface area contributed by atoms with Gasteiger partial charge in [-0.1, -0.05) is 178 Å². The third-order valence-corrected chi connectivity index (χ3v) is 26.0. The zero-order valence-corrected chi connectivity index (χ0v) is 80.4. The number of rotatable bonds is 29. The second kappa shape index (κ2) is 56.1. The van der Waals surface area contributed by atoms with Gasteiger partial charge in [0.15, 0.2) is 19.9 Å². The third kappa shape index (κ3) is 34.5. The predicted octanol–water partition coefficient (Wildman–Crippen LogP) is 24.0. The second-order valence-corrected chi connectivity index (χ2v) is 36.9. The van der Waals surface area contributed by atoms with Crippen LogP contribution in [0, 0.1) is 49.1 Å². The smallest absolute Gasteiger partial charge is 0.350 e. The number of thiocarbonyl (C=S) groups is 1. The van der Waals surface area contributed by atoms with Crippen molar-refractivity contribution in [2.24, 2.45) is 22.6 Å². The highest BCUT2D eigenvalue weighted by Gasteiger charge is 2.18. The number of benzene rings is 4. The van der Waals surface area contributed by atoms with E-state index in [1.807, 2.05) is 98.9 Å². The summed E-state index contributed by atoms with van der Waals surface area (Å²) in [6.45, 7) is 19.7. The minimum Gasteiger partial charge on any atom is -0.481 e. The molecule has 0 unspecified atom stereocenters. The number of carbonyl (C=O) groups is 4. The molecule has 0 saturated heterocycles. The number of aliphatic imine (C=N–C) groups is 1. The number of methoxy groups -OCH3 is 1. The number of aromatic nitrogens is 8. The number of hydrogen-bond donors (Lipinski definition) is 6. The van der Waals surface area contributed by atoms with E-state index in [1.165, 1.54) is 125 Å². The largest absolute Gasteiger partial charge is 0.481 e. The van der Waals surface area contributed by atoms with Gasteiger partial charge in [-0.2, -0.15) is 0 Å². The van der Waals surface area contributed by atoms with Crippen LogP contribution in [0.25, 0.3) is 40.9 Å². The lowest BCUT2D eigenvalue weighted by Crippen LogP contribution is -2.24. The first-order valence-electron chi connectivity index (χ1n) is 38.7. The zero-order valence-electron chi connectivity index (χ0n) is 69.2. The summed E-state index contributed by atoms with van der Waals surface area (Å²) >= 11 is 48.2. The van der Waals surface area contributed by atoms with Crippen molar-refractivity contribution in [3.63, 3.8) is 0 Å². The molecule has 0 spiro atoms. The molecule has 7 N–H and O–H groups in total. The number of carbonyl (C=O) groups excluding carboxylic acids is 1. The van der Waals surface area contributed by atoms with Gasteiger partial charge in [-0.3, -0.25) is 56.8 Å². The molecule has 124 heavy (non-hydrogen) atoms. The lowest BCUT2D eigenvalue weighted by molar-refractivity contribution is -0.138. The number of fused-ring (bicyclic) bond motifs is 4. The molecule has 0 bridgehead atoms. The van der Waals surface area contributed by atoms with Crippen molar-refractivity contribution < 1.29 is 39.2 Å². The number of carboxylic acid groups (broad SMARTS) is 3. The average molecular weight is 1950 g/mol. The SMILES string of the molecule is C.CC(C)Cn1c(=S)[nH]c2ccsc2c1=O.COC(=O)c1sccc1N=CC=S.Cc1ccc(C)c(CCl)c1.Cc1ccc(C)c(CSc2nc3ccsc3c(=O)n2CC(C)C)c1.ClCc1ccccc1Cl.NCCCCC(=O)O.O=C(O)CCCCn1c(=S)[nH]c2ccsc2c1=O.O=C(O)CCCCn1c(SCc2ccccc2Cl)nc2ccsc2c1=O. The number of thiophene rings is 5. The first-order valence-corrected chi connectivity index (χ1v) is 48.2. The number of esters is 1. The van der Waals surface area contributed by atoms with Crippen molar-refractivity contribution in [1.29, 1.82) is 0 Å². The van der Waals surface area contributed by atoms with Gasteiger partial charge in [0.25, 0.3) is 22.2 Å². The standard InChI is InChI=1S/C19H22N2OS2.C18H17ClN2O3S2.C11H12N2O3S2.C10H12N2OS2.C9H11Cl.C8H7NO2S2.C7H6Cl2.C5H11NO2.CH4/c1-12(2)10-21-18(22)17-16(7-8-23-17)20-19(21)24-11-15-9-13(3)5-6-14(15)4;19-13-6-2-1-5-12(13)11-26-18-20-14-8-10-25-16(14)17(24)21(18)9-4-3-7-15(22)23;14-8(15)3-1-2-5-13-10(16)9-7(4-6-18-9)12-11(13)17;1-6(2)5-12-9(13)8-7(3-4-15-8)11-10(12)14;1-7-3-4-8(2)9(5-7)6-10;1-11-8(10)7-6(2-5-13-7)9-3-4-12;8-5-6-3-1-2-4-7(6)9;6-4-2-1-3-5(7)8;/h5-9,12H,10-11H2,1-4H3;1-2,5-6,8,10H,3-4,7,9,11H2,(H,22,23);4,6H,1-3,5H2,(H,12,17)(H,14,15);3-4,6H,5H2,1-2H3,(H,11,14);3-5H,6H2,1-2H3;2-5H,1H3;1-4H,5H2;1-4,6H2,(H,7,8);1H4. The quantitative estimate of drug-likeness (QED) is 0.00482. The number of nitrogens with two attached hydrogens (primary N) is 1. The highest BCUT2D eigenvalue weighted by molar-refractivity contribution is 7.98. The van der Waals surface area contributed by atoms with E-state index in [4.69, 9.17) is 96.9 Å². The lowest BCUT2D eigenvalue weighted by atomic mass is 10.1. The molecule has 664 valence electrons. The minimum atomic E-state index is -0.822. The molecule has 0 atom stereocenters. The summed E-state index contributed by atoms with van der Waals surface area (Å²) < 4.78 is 14.9. The number of H-pyrrole nitrogens is 2. The van der Waals surface area contributed by atoms with Gasteiger partial charge in [-0.15, -0.1) is 79.9 Å².